The highest BCUT2D eigenvalue weighted by atomic mass is 16.5. The van der Waals surface area contributed by atoms with Crippen molar-refractivity contribution in [1.29, 1.82) is 0 Å². The zero-order valence-corrected chi connectivity index (χ0v) is 17.2. The standard InChI is InChI=1S/C22H32N4O3/c1-2-3-6-18(9-11-27)25-21-20(15-24-22(23)26-21)28-12-4-5-16-7-8-19-17(14-16)10-13-29-19/h7-8,14-15,18,27H,2-6,9-13H2,1H3,(H3,23,24,25,26)/t18-/m0/s1. The number of anilines is 2. The topological polar surface area (TPSA) is 103 Å². The van der Waals surface area contributed by atoms with E-state index in [0.29, 0.717) is 24.6 Å². The van der Waals surface area contributed by atoms with E-state index >= 15 is 0 Å². The summed E-state index contributed by atoms with van der Waals surface area (Å²) >= 11 is 0. The number of hydrogen-bond acceptors (Lipinski definition) is 7. The molecule has 0 aliphatic carbocycles. The minimum Gasteiger partial charge on any atom is -0.493 e. The molecule has 0 bridgehead atoms. The fourth-order valence-electron chi connectivity index (χ4n) is 3.54. The first kappa shape index (κ1) is 21.2. The molecule has 29 heavy (non-hydrogen) atoms. The quantitative estimate of drug-likeness (QED) is 0.470. The summed E-state index contributed by atoms with van der Waals surface area (Å²) in [5.74, 6) is 2.42. The molecule has 2 heterocycles. The number of fused-ring (bicyclic) bond motifs is 1. The van der Waals surface area contributed by atoms with Crippen molar-refractivity contribution < 1.29 is 14.6 Å². The number of nitrogen functional groups attached to an aromatic ring is 1. The molecule has 4 N–H and O–H groups in total. The van der Waals surface area contributed by atoms with E-state index in [1.807, 2.05) is 0 Å². The molecule has 1 atom stereocenters. The number of nitrogens with zero attached hydrogens (tertiary/aromatic N) is 2. The highest BCUT2D eigenvalue weighted by molar-refractivity contribution is 5.51. The summed E-state index contributed by atoms with van der Waals surface area (Å²) in [5.41, 5.74) is 8.37. The molecule has 0 saturated carbocycles. The van der Waals surface area contributed by atoms with Crippen molar-refractivity contribution in [3.63, 3.8) is 0 Å². The molecule has 3 rings (SSSR count). The number of hydrogen-bond donors (Lipinski definition) is 3. The maximum absolute atomic E-state index is 9.34. The van der Waals surface area contributed by atoms with Gasteiger partial charge in [0.25, 0.3) is 0 Å². The van der Waals surface area contributed by atoms with Crippen LogP contribution >= 0.6 is 0 Å². The fourth-order valence-corrected chi connectivity index (χ4v) is 3.54. The Hall–Kier alpha value is -2.54. The number of aliphatic hydroxyl groups is 1. The van der Waals surface area contributed by atoms with Crippen LogP contribution in [0.1, 0.15) is 50.2 Å². The lowest BCUT2D eigenvalue weighted by atomic mass is 10.1. The number of rotatable bonds is 12. The molecular formula is C22H32N4O3. The largest absolute Gasteiger partial charge is 0.493 e. The lowest BCUT2D eigenvalue weighted by Gasteiger charge is -2.20. The van der Waals surface area contributed by atoms with Crippen LogP contribution in [0.3, 0.4) is 0 Å². The molecule has 1 aromatic carbocycles. The van der Waals surface area contributed by atoms with Crippen LogP contribution in [0.15, 0.2) is 24.4 Å². The fraction of sp³-hybridized carbons (Fsp3) is 0.545. The average Bonchev–Trinajstić information content (AvgIpc) is 3.19. The molecule has 1 aliphatic rings. The van der Waals surface area contributed by atoms with E-state index < -0.39 is 0 Å². The Morgan fingerprint density at radius 3 is 3.03 bits per heavy atom. The smallest absolute Gasteiger partial charge is 0.222 e. The molecular weight excluding hydrogens is 368 g/mol. The first-order chi connectivity index (χ1) is 14.2. The molecule has 1 aromatic heterocycles. The van der Waals surface area contributed by atoms with Crippen molar-refractivity contribution in [2.45, 2.75) is 57.9 Å². The lowest BCUT2D eigenvalue weighted by molar-refractivity contribution is 0.275. The summed E-state index contributed by atoms with van der Waals surface area (Å²) in [6, 6.07) is 6.54. The number of aryl methyl sites for hydroxylation is 1. The van der Waals surface area contributed by atoms with E-state index in [1.54, 1.807) is 6.20 Å². The molecule has 0 saturated heterocycles. The van der Waals surface area contributed by atoms with E-state index in [-0.39, 0.29) is 18.6 Å². The van der Waals surface area contributed by atoms with E-state index in [9.17, 15) is 5.11 Å². The van der Waals surface area contributed by atoms with Crippen LogP contribution < -0.4 is 20.5 Å². The minimum atomic E-state index is 0.129. The van der Waals surface area contributed by atoms with Gasteiger partial charge in [0, 0.05) is 19.1 Å². The zero-order valence-electron chi connectivity index (χ0n) is 17.2. The van der Waals surface area contributed by atoms with Crippen LogP contribution in [0.2, 0.25) is 0 Å². The molecule has 1 aliphatic heterocycles. The van der Waals surface area contributed by atoms with Crippen LogP contribution in [0.25, 0.3) is 0 Å². The van der Waals surface area contributed by atoms with Gasteiger partial charge in [-0.15, -0.1) is 0 Å². The molecule has 2 aromatic rings. The summed E-state index contributed by atoms with van der Waals surface area (Å²) < 4.78 is 11.5. The van der Waals surface area contributed by atoms with Crippen LogP contribution in [-0.4, -0.2) is 40.9 Å². The monoisotopic (exact) mass is 400 g/mol. The van der Waals surface area contributed by atoms with E-state index in [2.05, 4.69) is 40.4 Å². The molecule has 0 amide bonds. The van der Waals surface area contributed by atoms with Gasteiger partial charge in [-0.05, 0) is 42.9 Å². The third kappa shape index (κ3) is 6.22. The van der Waals surface area contributed by atoms with Gasteiger partial charge < -0.3 is 25.6 Å². The predicted molar refractivity (Wildman–Crippen MR) is 115 cm³/mol. The lowest BCUT2D eigenvalue weighted by Crippen LogP contribution is -2.22. The Morgan fingerprint density at radius 2 is 2.21 bits per heavy atom. The van der Waals surface area contributed by atoms with Crippen molar-refractivity contribution >= 4 is 11.8 Å². The Kier molecular flexibility index (Phi) is 7.93. The Bertz CT molecular complexity index is 785. The number of aromatic nitrogens is 2. The van der Waals surface area contributed by atoms with Crippen molar-refractivity contribution in [3.8, 4) is 11.5 Å². The molecule has 7 heteroatoms. The Labute approximate surface area is 172 Å². The molecule has 0 fully saturated rings. The first-order valence-electron chi connectivity index (χ1n) is 10.6. The van der Waals surface area contributed by atoms with Gasteiger partial charge in [0.05, 0.1) is 19.4 Å². The normalized spacial score (nSPS) is 13.6. The second kappa shape index (κ2) is 10.9. The van der Waals surface area contributed by atoms with E-state index in [4.69, 9.17) is 15.2 Å². The van der Waals surface area contributed by atoms with Gasteiger partial charge in [0.1, 0.15) is 5.75 Å². The molecule has 7 nitrogen and oxygen atoms in total. The maximum atomic E-state index is 9.34. The second-order valence-electron chi connectivity index (χ2n) is 7.43. The Morgan fingerprint density at radius 1 is 1.31 bits per heavy atom. The van der Waals surface area contributed by atoms with E-state index in [1.165, 1.54) is 11.1 Å². The van der Waals surface area contributed by atoms with Crippen LogP contribution in [0.4, 0.5) is 11.8 Å². The van der Waals surface area contributed by atoms with Crippen molar-refractivity contribution in [3.05, 3.63) is 35.5 Å². The van der Waals surface area contributed by atoms with Crippen LogP contribution in [0, 0.1) is 0 Å². The van der Waals surface area contributed by atoms with Gasteiger partial charge in [0.15, 0.2) is 11.6 Å². The summed E-state index contributed by atoms with van der Waals surface area (Å²) in [4.78, 5) is 8.38. The summed E-state index contributed by atoms with van der Waals surface area (Å²) in [6.07, 6.45) is 8.24. The minimum absolute atomic E-state index is 0.129. The average molecular weight is 401 g/mol. The molecule has 158 valence electrons. The number of ether oxygens (including phenoxy) is 2. The number of unbranched alkanes of at least 4 members (excludes halogenated alkanes) is 1. The number of nitrogens with one attached hydrogen (secondary N) is 1. The predicted octanol–water partition coefficient (Wildman–Crippen LogP) is 3.36. The summed E-state index contributed by atoms with van der Waals surface area (Å²) in [7, 11) is 0. The third-order valence-electron chi connectivity index (χ3n) is 5.12. The maximum Gasteiger partial charge on any atom is 0.222 e. The number of aliphatic hydroxyl groups excluding tert-OH is 1. The SMILES string of the molecule is CCCC[C@@H](CCO)Nc1nc(N)ncc1OCCCc1ccc2c(c1)CCO2. The van der Waals surface area contributed by atoms with Crippen molar-refractivity contribution in [2.24, 2.45) is 0 Å². The Balaban J connectivity index is 1.54. The van der Waals surface area contributed by atoms with Gasteiger partial charge in [-0.2, -0.15) is 4.98 Å². The highest BCUT2D eigenvalue weighted by Gasteiger charge is 2.14. The first-order valence-corrected chi connectivity index (χ1v) is 10.6. The third-order valence-corrected chi connectivity index (χ3v) is 5.12. The van der Waals surface area contributed by atoms with Gasteiger partial charge in [-0.25, -0.2) is 4.98 Å². The van der Waals surface area contributed by atoms with Gasteiger partial charge in [-0.1, -0.05) is 31.9 Å². The van der Waals surface area contributed by atoms with Gasteiger partial charge in [-0.3, -0.25) is 0 Å². The highest BCUT2D eigenvalue weighted by Crippen LogP contribution is 2.27. The zero-order chi connectivity index (χ0) is 20.5. The number of nitrogens with two attached hydrogens (primary N) is 1. The van der Waals surface area contributed by atoms with Crippen molar-refractivity contribution in [2.75, 3.05) is 30.9 Å². The summed E-state index contributed by atoms with van der Waals surface area (Å²) in [5, 5.41) is 12.7. The van der Waals surface area contributed by atoms with Crippen LogP contribution in [0.5, 0.6) is 11.5 Å². The van der Waals surface area contributed by atoms with Gasteiger partial charge >= 0.3 is 0 Å². The molecule has 0 radical (unpaired) electrons. The van der Waals surface area contributed by atoms with E-state index in [0.717, 1.165) is 50.9 Å². The number of benzene rings is 1. The molecule has 0 spiro atoms. The van der Waals surface area contributed by atoms with Gasteiger partial charge in [0.2, 0.25) is 5.95 Å². The molecule has 0 unspecified atom stereocenters. The second-order valence-corrected chi connectivity index (χ2v) is 7.43. The van der Waals surface area contributed by atoms with Crippen molar-refractivity contribution in [1.82, 2.24) is 9.97 Å². The van der Waals surface area contributed by atoms with Crippen LogP contribution in [-0.2, 0) is 12.8 Å². The summed E-state index contributed by atoms with van der Waals surface area (Å²) in [6.45, 7) is 3.63.